The van der Waals surface area contributed by atoms with E-state index in [1.165, 1.54) is 57.7 Å². The van der Waals surface area contributed by atoms with Gasteiger partial charge in [-0.05, 0) is 79.1 Å². The highest BCUT2D eigenvalue weighted by Gasteiger charge is 2.13. The number of esters is 3. The number of phenolic OH excluding ortho intramolecular Hbond substituents is 1. The van der Waals surface area contributed by atoms with Gasteiger partial charge in [-0.2, -0.15) is 9.97 Å². The molecule has 0 radical (unpaired) electrons. The summed E-state index contributed by atoms with van der Waals surface area (Å²) in [6.07, 6.45) is 3.13. The van der Waals surface area contributed by atoms with Gasteiger partial charge in [-0.3, -0.25) is 4.79 Å². The Kier molecular flexibility index (Phi) is 18.8. The number of aromatic hydroxyl groups is 1. The second-order valence-corrected chi connectivity index (χ2v) is 13.8. The Morgan fingerprint density at radius 1 is 0.629 bits per heavy atom. The molecule has 4 N–H and O–H groups in total. The fraction of sp³-hybridized carbons (Fsp3) is 0.279. The average Bonchev–Trinajstić information content (AvgIpc) is 4.03. The molecule has 3 aromatic heterocycles. The van der Waals surface area contributed by atoms with E-state index in [2.05, 4.69) is 43.0 Å². The van der Waals surface area contributed by atoms with E-state index < -0.39 is 12.6 Å². The van der Waals surface area contributed by atoms with Gasteiger partial charge in [0.1, 0.15) is 28.9 Å². The van der Waals surface area contributed by atoms with Gasteiger partial charge in [0.2, 0.25) is 0 Å². The Morgan fingerprint density at radius 3 is 1.39 bits per heavy atom. The standard InChI is InChI=1S/2C11H12N2O3.C10H9NO3S.C8H9NO3.C3H8/c1-13(2)11-12-8-6-7(10(14)15-3)4-5-9(8)16-11;1-13(2)11-12-8-5-7(9(15)6-14)3-4-10(8)16-11;1-13-9(12)6-3-4-8-7(5-6)11-10(14-8)15-2;1-12-8(11)5-2-3-7(10)6(9)4-5;1-3-2/h4-6H,1-3H3;3-5,14H,6H2,1-2H3;3-5H,1-2H3;2-4,10H,9H2,1H3;3H2,1-2H3. The molecule has 0 saturated heterocycles. The summed E-state index contributed by atoms with van der Waals surface area (Å²) in [6.45, 7) is 3.75. The Bertz CT molecular complexity index is 2500. The molecule has 0 atom stereocenters. The van der Waals surface area contributed by atoms with E-state index in [9.17, 15) is 19.2 Å². The first-order valence-electron chi connectivity index (χ1n) is 18.6. The number of Topliss-reactive ketones (excluding diaryl/α,β-unsaturated/α-hetero) is 1. The van der Waals surface area contributed by atoms with Crippen LogP contribution in [0.1, 0.15) is 61.7 Å². The van der Waals surface area contributed by atoms with Crippen molar-refractivity contribution in [2.45, 2.75) is 25.5 Å². The number of aliphatic hydroxyl groups is 1. The smallest absolute Gasteiger partial charge is 0.337 e. The molecule has 0 aliphatic rings. The van der Waals surface area contributed by atoms with Crippen molar-refractivity contribution in [2.75, 3.05) is 77.9 Å². The molecule has 3 heterocycles. The SMILES string of the molecule is CCC.CN(C)c1nc2cc(C(=O)CO)ccc2o1.COC(=O)c1ccc(O)c(N)c1.COC(=O)c1ccc2oc(N(C)C)nc2c1.COC(=O)c1ccc2oc(SC)nc2c1. The number of hydrogen-bond acceptors (Lipinski definition) is 19. The normalized spacial score (nSPS) is 10.1. The van der Waals surface area contributed by atoms with Crippen LogP contribution < -0.4 is 15.5 Å². The van der Waals surface area contributed by atoms with Crippen LogP contribution >= 0.6 is 11.8 Å². The summed E-state index contributed by atoms with van der Waals surface area (Å²) < 4.78 is 30.0. The van der Waals surface area contributed by atoms with Crippen LogP contribution in [-0.4, -0.2) is 111 Å². The first-order chi connectivity index (χ1) is 29.5. The van der Waals surface area contributed by atoms with Gasteiger partial charge in [0, 0.05) is 33.8 Å². The number of benzene rings is 4. The highest BCUT2D eigenvalue weighted by atomic mass is 32.2. The predicted octanol–water partition coefficient (Wildman–Crippen LogP) is 7.26. The van der Waals surface area contributed by atoms with Crippen molar-refractivity contribution >= 4 is 86.5 Å². The number of methoxy groups -OCH3 is 3. The van der Waals surface area contributed by atoms with Gasteiger partial charge < -0.3 is 53.2 Å². The Balaban J connectivity index is 0.000000217. The molecule has 62 heavy (non-hydrogen) atoms. The number of ether oxygens (including phenoxy) is 3. The summed E-state index contributed by atoms with van der Waals surface area (Å²) in [7, 11) is 11.3. The van der Waals surface area contributed by atoms with E-state index in [0.29, 0.717) is 72.8 Å². The molecule has 4 aromatic carbocycles. The number of phenols is 1. The number of hydrogen-bond donors (Lipinski definition) is 3. The van der Waals surface area contributed by atoms with Crippen LogP contribution in [0.4, 0.5) is 17.7 Å². The fourth-order valence-electron chi connectivity index (χ4n) is 4.76. The predicted molar refractivity (Wildman–Crippen MR) is 236 cm³/mol. The second kappa shape index (κ2) is 23.6. The lowest BCUT2D eigenvalue weighted by Crippen LogP contribution is -2.08. The largest absolute Gasteiger partial charge is 0.506 e. The van der Waals surface area contributed by atoms with Crippen LogP contribution in [0.15, 0.2) is 91.3 Å². The maximum atomic E-state index is 11.3. The summed E-state index contributed by atoms with van der Waals surface area (Å²) >= 11 is 1.42. The number of rotatable bonds is 8. The minimum Gasteiger partial charge on any atom is -0.506 e. The third kappa shape index (κ3) is 13.4. The highest BCUT2D eigenvalue weighted by Crippen LogP contribution is 2.25. The molecule has 0 spiro atoms. The fourth-order valence-corrected chi connectivity index (χ4v) is 5.12. The lowest BCUT2D eigenvalue weighted by Gasteiger charge is -2.03. The molecule has 0 amide bonds. The zero-order valence-electron chi connectivity index (χ0n) is 36.0. The van der Waals surface area contributed by atoms with Crippen LogP contribution in [-0.2, 0) is 14.2 Å². The van der Waals surface area contributed by atoms with Crippen molar-refractivity contribution in [3.63, 3.8) is 0 Å². The van der Waals surface area contributed by atoms with Crippen molar-refractivity contribution in [3.05, 3.63) is 95.1 Å². The van der Waals surface area contributed by atoms with Gasteiger partial charge in [-0.1, -0.05) is 32.0 Å². The molecule has 19 heteroatoms. The molecule has 7 aromatic rings. The first-order valence-corrected chi connectivity index (χ1v) is 19.8. The topological polar surface area (TPSA) is 247 Å². The Hall–Kier alpha value is -7.12. The van der Waals surface area contributed by atoms with Gasteiger partial charge in [0.05, 0.1) is 43.7 Å². The van der Waals surface area contributed by atoms with Crippen molar-refractivity contribution in [3.8, 4) is 5.75 Å². The van der Waals surface area contributed by atoms with Gasteiger partial charge in [-0.15, -0.1) is 0 Å². The quantitative estimate of drug-likeness (QED) is 0.0339. The number of anilines is 3. The molecule has 0 bridgehead atoms. The van der Waals surface area contributed by atoms with Crippen molar-refractivity contribution in [2.24, 2.45) is 0 Å². The second-order valence-electron chi connectivity index (χ2n) is 13.0. The number of ketones is 1. The molecule has 0 unspecified atom stereocenters. The lowest BCUT2D eigenvalue weighted by molar-refractivity contribution is 0.0592. The van der Waals surface area contributed by atoms with Crippen molar-refractivity contribution in [1.29, 1.82) is 0 Å². The third-order valence-electron chi connectivity index (χ3n) is 7.82. The third-order valence-corrected chi connectivity index (χ3v) is 8.34. The number of carbonyl (C=O) groups excluding carboxylic acids is 4. The summed E-state index contributed by atoms with van der Waals surface area (Å²) in [5, 5.41) is 18.4. The first kappa shape index (κ1) is 49.2. The number of oxazole rings is 3. The molecule has 330 valence electrons. The van der Waals surface area contributed by atoms with Crippen LogP contribution in [0.2, 0.25) is 0 Å². The zero-order chi connectivity index (χ0) is 46.1. The van der Waals surface area contributed by atoms with Gasteiger partial charge in [0.15, 0.2) is 22.5 Å². The summed E-state index contributed by atoms with van der Waals surface area (Å²) in [5.74, 6) is -1.58. The van der Waals surface area contributed by atoms with Gasteiger partial charge >= 0.3 is 17.9 Å². The zero-order valence-corrected chi connectivity index (χ0v) is 36.9. The summed E-state index contributed by atoms with van der Waals surface area (Å²) in [4.78, 5) is 60.9. The maximum Gasteiger partial charge on any atom is 0.337 e. The summed E-state index contributed by atoms with van der Waals surface area (Å²) in [6, 6.07) is 20.1. The number of fused-ring (bicyclic) bond motifs is 3. The number of carbonyl (C=O) groups is 4. The van der Waals surface area contributed by atoms with Crippen molar-refractivity contribution < 1.29 is 56.9 Å². The van der Waals surface area contributed by atoms with E-state index in [1.807, 2.05) is 34.4 Å². The van der Waals surface area contributed by atoms with Crippen LogP contribution in [0, 0.1) is 0 Å². The van der Waals surface area contributed by atoms with Crippen LogP contribution in [0.25, 0.3) is 33.3 Å². The molecular weight excluding hydrogens is 825 g/mol. The number of nitrogens with zero attached hydrogens (tertiary/aromatic N) is 5. The average molecular weight is 875 g/mol. The Labute approximate surface area is 361 Å². The van der Waals surface area contributed by atoms with Crippen LogP contribution in [0.5, 0.6) is 5.75 Å². The van der Waals surface area contributed by atoms with Crippen molar-refractivity contribution in [1.82, 2.24) is 15.0 Å². The van der Waals surface area contributed by atoms with E-state index >= 15 is 0 Å². The monoisotopic (exact) mass is 874 g/mol. The van der Waals surface area contributed by atoms with Gasteiger partial charge in [-0.25, -0.2) is 19.4 Å². The summed E-state index contributed by atoms with van der Waals surface area (Å²) in [5.41, 5.74) is 11.1. The van der Waals surface area contributed by atoms with E-state index in [-0.39, 0.29) is 29.2 Å². The molecule has 0 saturated carbocycles. The minimum atomic E-state index is -0.496. The number of nitrogen functional groups attached to an aromatic ring is 1. The molecule has 0 aliphatic carbocycles. The van der Waals surface area contributed by atoms with E-state index in [1.54, 1.807) is 64.4 Å². The number of aliphatic hydroxyl groups excluding tert-OH is 1. The van der Waals surface area contributed by atoms with E-state index in [4.69, 9.17) is 29.2 Å². The number of thioether (sulfide) groups is 1. The van der Waals surface area contributed by atoms with E-state index in [0.717, 1.165) is 0 Å². The molecule has 0 fully saturated rings. The van der Waals surface area contributed by atoms with Gasteiger partial charge in [0.25, 0.3) is 17.3 Å². The lowest BCUT2D eigenvalue weighted by atomic mass is 10.1. The number of nitrogens with two attached hydrogens (primary N) is 1. The highest BCUT2D eigenvalue weighted by molar-refractivity contribution is 7.98. The van der Waals surface area contributed by atoms with Crippen LogP contribution in [0.3, 0.4) is 0 Å². The molecule has 0 aliphatic heterocycles. The Morgan fingerprint density at radius 2 is 1.00 bits per heavy atom. The minimum absolute atomic E-state index is 0.0392. The molecule has 7 rings (SSSR count). The molecule has 18 nitrogen and oxygen atoms in total. The number of aromatic nitrogens is 3. The molecular formula is C43H50N6O12S. The maximum absolute atomic E-state index is 11.3.